The van der Waals surface area contributed by atoms with Gasteiger partial charge in [0.2, 0.25) is 0 Å². The molecule has 0 radical (unpaired) electrons. The zero-order valence-corrected chi connectivity index (χ0v) is 25.2. The van der Waals surface area contributed by atoms with Crippen LogP contribution in [0.5, 0.6) is 0 Å². The lowest BCUT2D eigenvalue weighted by molar-refractivity contribution is -0.167. The van der Waals surface area contributed by atoms with Crippen LogP contribution in [0.2, 0.25) is 0 Å². The molecule has 0 aliphatic rings. The summed E-state index contributed by atoms with van der Waals surface area (Å²) < 4.78 is 16.3. The van der Waals surface area contributed by atoms with Crippen LogP contribution in [0.25, 0.3) is 0 Å². The SMILES string of the molecule is CCCCCCCCCCCC(=O)OCC(COC(=O)CCCCCCC)OC(=O)CCCCCCCC. The summed E-state index contributed by atoms with van der Waals surface area (Å²) in [5.41, 5.74) is 0. The predicted octanol–water partition coefficient (Wildman–Crippen LogP) is 9.02. The van der Waals surface area contributed by atoms with Crippen LogP contribution in [0.15, 0.2) is 0 Å². The molecule has 0 rings (SSSR count). The second-order valence-electron chi connectivity index (χ2n) is 10.7. The van der Waals surface area contributed by atoms with E-state index in [2.05, 4.69) is 20.8 Å². The van der Waals surface area contributed by atoms with E-state index >= 15 is 0 Å². The molecule has 0 amide bonds. The van der Waals surface area contributed by atoms with E-state index in [0.717, 1.165) is 64.2 Å². The first-order chi connectivity index (χ1) is 18.5. The second-order valence-corrected chi connectivity index (χ2v) is 10.7. The van der Waals surface area contributed by atoms with Gasteiger partial charge in [-0.15, -0.1) is 0 Å². The molecule has 1 unspecified atom stereocenters. The molecule has 0 N–H and O–H groups in total. The van der Waals surface area contributed by atoms with Crippen LogP contribution in [-0.4, -0.2) is 37.2 Å². The fourth-order valence-corrected chi connectivity index (χ4v) is 4.38. The Morgan fingerprint density at radius 2 is 0.711 bits per heavy atom. The van der Waals surface area contributed by atoms with Crippen LogP contribution in [0.4, 0.5) is 0 Å². The van der Waals surface area contributed by atoms with Gasteiger partial charge in [0.25, 0.3) is 0 Å². The normalized spacial score (nSPS) is 11.8. The Kier molecular flexibility index (Phi) is 27.2. The zero-order valence-electron chi connectivity index (χ0n) is 25.2. The maximum Gasteiger partial charge on any atom is 0.306 e. The summed E-state index contributed by atoms with van der Waals surface area (Å²) in [5, 5.41) is 0. The Hall–Kier alpha value is -1.59. The van der Waals surface area contributed by atoms with Gasteiger partial charge in [-0.3, -0.25) is 14.4 Å². The highest BCUT2D eigenvalue weighted by molar-refractivity contribution is 5.71. The maximum atomic E-state index is 12.4. The van der Waals surface area contributed by atoms with Crippen molar-refractivity contribution in [3.63, 3.8) is 0 Å². The number of hydrogen-bond acceptors (Lipinski definition) is 6. The first kappa shape index (κ1) is 36.4. The fourth-order valence-electron chi connectivity index (χ4n) is 4.38. The molecule has 6 nitrogen and oxygen atoms in total. The highest BCUT2D eigenvalue weighted by Crippen LogP contribution is 2.12. The third-order valence-corrected chi connectivity index (χ3v) is 6.86. The van der Waals surface area contributed by atoms with Gasteiger partial charge in [0.15, 0.2) is 6.10 Å². The molecule has 6 heteroatoms. The molecule has 1 atom stereocenters. The summed E-state index contributed by atoms with van der Waals surface area (Å²) in [5.74, 6) is -0.900. The van der Waals surface area contributed by atoms with Gasteiger partial charge < -0.3 is 14.2 Å². The Morgan fingerprint density at radius 3 is 1.05 bits per heavy atom. The molecule has 0 bridgehead atoms. The van der Waals surface area contributed by atoms with Crippen molar-refractivity contribution in [1.29, 1.82) is 0 Å². The minimum Gasteiger partial charge on any atom is -0.462 e. The van der Waals surface area contributed by atoms with E-state index in [-0.39, 0.29) is 31.1 Å². The number of esters is 3. The van der Waals surface area contributed by atoms with Crippen molar-refractivity contribution in [3.8, 4) is 0 Å². The number of ether oxygens (including phenoxy) is 3. The van der Waals surface area contributed by atoms with Crippen molar-refractivity contribution < 1.29 is 28.6 Å². The van der Waals surface area contributed by atoms with Gasteiger partial charge in [-0.05, 0) is 19.3 Å². The van der Waals surface area contributed by atoms with Crippen LogP contribution in [-0.2, 0) is 28.6 Å². The lowest BCUT2D eigenvalue weighted by Crippen LogP contribution is -2.30. The van der Waals surface area contributed by atoms with Crippen LogP contribution in [0.1, 0.15) is 168 Å². The number of unbranched alkanes of at least 4 members (excludes halogenated alkanes) is 17. The molecular formula is C32H60O6. The van der Waals surface area contributed by atoms with Gasteiger partial charge >= 0.3 is 17.9 Å². The molecule has 224 valence electrons. The number of carbonyl (C=O) groups is 3. The van der Waals surface area contributed by atoms with Gasteiger partial charge in [0, 0.05) is 19.3 Å². The molecule has 0 aliphatic heterocycles. The zero-order chi connectivity index (χ0) is 28.1. The second kappa shape index (κ2) is 28.4. The van der Waals surface area contributed by atoms with E-state index < -0.39 is 6.10 Å². The monoisotopic (exact) mass is 540 g/mol. The van der Waals surface area contributed by atoms with E-state index in [4.69, 9.17) is 14.2 Å². The number of carbonyl (C=O) groups excluding carboxylic acids is 3. The van der Waals surface area contributed by atoms with Gasteiger partial charge in [-0.25, -0.2) is 0 Å². The third-order valence-electron chi connectivity index (χ3n) is 6.86. The van der Waals surface area contributed by atoms with Crippen molar-refractivity contribution in [2.75, 3.05) is 13.2 Å². The third kappa shape index (κ3) is 26.0. The quantitative estimate of drug-likeness (QED) is 0.0559. The van der Waals surface area contributed by atoms with E-state index in [1.807, 2.05) is 0 Å². The fraction of sp³-hybridized carbons (Fsp3) is 0.906. The van der Waals surface area contributed by atoms with Gasteiger partial charge in [-0.1, -0.05) is 130 Å². The van der Waals surface area contributed by atoms with Crippen molar-refractivity contribution in [2.24, 2.45) is 0 Å². The lowest BCUT2D eigenvalue weighted by Gasteiger charge is -2.18. The molecule has 0 fully saturated rings. The Balaban J connectivity index is 4.31. The molecule has 0 saturated heterocycles. The summed E-state index contributed by atoms with van der Waals surface area (Å²) in [6.07, 6.45) is 22.8. The van der Waals surface area contributed by atoms with Crippen LogP contribution in [0, 0.1) is 0 Å². The first-order valence-corrected chi connectivity index (χ1v) is 16.0. The van der Waals surface area contributed by atoms with E-state index in [1.165, 1.54) is 64.2 Å². The van der Waals surface area contributed by atoms with Crippen molar-refractivity contribution >= 4 is 17.9 Å². The van der Waals surface area contributed by atoms with Gasteiger partial charge in [0.1, 0.15) is 13.2 Å². The Bertz CT molecular complexity index is 562. The lowest BCUT2D eigenvalue weighted by atomic mass is 10.1. The molecule has 0 aromatic rings. The topological polar surface area (TPSA) is 78.9 Å². The molecule has 0 saturated carbocycles. The standard InChI is InChI=1S/C32H60O6/c1-4-7-10-13-15-16-17-20-22-25-31(34)37-28-29(27-36-30(33)24-21-18-12-9-6-3)38-32(35)26-23-19-14-11-8-5-2/h29H,4-28H2,1-3H3. The predicted molar refractivity (Wildman–Crippen MR) is 155 cm³/mol. The molecule has 0 aromatic heterocycles. The Morgan fingerprint density at radius 1 is 0.421 bits per heavy atom. The molecular weight excluding hydrogens is 480 g/mol. The number of hydrogen-bond donors (Lipinski definition) is 0. The van der Waals surface area contributed by atoms with Gasteiger partial charge in [-0.2, -0.15) is 0 Å². The number of rotatable bonds is 28. The van der Waals surface area contributed by atoms with Crippen molar-refractivity contribution in [2.45, 2.75) is 175 Å². The van der Waals surface area contributed by atoms with E-state index in [9.17, 15) is 14.4 Å². The summed E-state index contributed by atoms with van der Waals surface area (Å²) in [4.78, 5) is 36.7. The van der Waals surface area contributed by atoms with Crippen LogP contribution < -0.4 is 0 Å². The smallest absolute Gasteiger partial charge is 0.306 e. The van der Waals surface area contributed by atoms with Crippen LogP contribution in [0.3, 0.4) is 0 Å². The van der Waals surface area contributed by atoms with E-state index in [1.54, 1.807) is 0 Å². The van der Waals surface area contributed by atoms with Crippen molar-refractivity contribution in [1.82, 2.24) is 0 Å². The average Bonchev–Trinajstić information content (AvgIpc) is 2.91. The molecule has 0 aromatic carbocycles. The molecule has 0 spiro atoms. The first-order valence-electron chi connectivity index (χ1n) is 16.0. The average molecular weight is 541 g/mol. The van der Waals surface area contributed by atoms with E-state index in [0.29, 0.717) is 19.3 Å². The van der Waals surface area contributed by atoms with Gasteiger partial charge in [0.05, 0.1) is 0 Å². The summed E-state index contributed by atoms with van der Waals surface area (Å²) in [7, 11) is 0. The molecule has 0 heterocycles. The highest BCUT2D eigenvalue weighted by Gasteiger charge is 2.19. The Labute approximate surface area is 234 Å². The summed E-state index contributed by atoms with van der Waals surface area (Å²) in [6.45, 7) is 6.43. The molecule has 0 aliphatic carbocycles. The van der Waals surface area contributed by atoms with Crippen molar-refractivity contribution in [3.05, 3.63) is 0 Å². The maximum absolute atomic E-state index is 12.4. The largest absolute Gasteiger partial charge is 0.462 e. The molecule has 38 heavy (non-hydrogen) atoms. The summed E-state index contributed by atoms with van der Waals surface area (Å²) >= 11 is 0. The minimum atomic E-state index is -0.751. The summed E-state index contributed by atoms with van der Waals surface area (Å²) in [6, 6.07) is 0. The highest BCUT2D eigenvalue weighted by atomic mass is 16.6. The van der Waals surface area contributed by atoms with Crippen LogP contribution >= 0.6 is 0 Å². The minimum absolute atomic E-state index is 0.0672.